The maximum Gasteiger partial charge on any atom is 0.339 e. The molecule has 0 bridgehead atoms. The molecule has 0 aliphatic heterocycles. The highest BCUT2D eigenvalue weighted by atomic mass is 32.2. The molecule has 0 saturated carbocycles. The van der Waals surface area contributed by atoms with E-state index >= 15 is 0 Å². The van der Waals surface area contributed by atoms with Gasteiger partial charge in [0.1, 0.15) is 12.4 Å². The van der Waals surface area contributed by atoms with Crippen LogP contribution in [0.5, 0.6) is 0 Å². The molecule has 1 N–H and O–H groups in total. The second-order valence-electron chi connectivity index (χ2n) is 6.83. The highest BCUT2D eigenvalue weighted by Gasteiger charge is 2.29. The summed E-state index contributed by atoms with van der Waals surface area (Å²) in [5, 5.41) is 0. The van der Waals surface area contributed by atoms with E-state index in [1.165, 1.54) is 14.0 Å². The summed E-state index contributed by atoms with van der Waals surface area (Å²) in [6.45, 7) is 3.83. The van der Waals surface area contributed by atoms with Gasteiger partial charge >= 0.3 is 11.9 Å². The molecule has 0 fully saturated rings. The minimum atomic E-state index is -4.06. The molecule has 2 rings (SSSR count). The number of nitrogens with one attached hydrogen (secondary N) is 1. The van der Waals surface area contributed by atoms with Gasteiger partial charge in [-0.05, 0) is 50.6 Å². The number of aromatic nitrogens is 1. The summed E-state index contributed by atoms with van der Waals surface area (Å²) in [7, 11) is -1.68. The molecule has 0 aliphatic rings. The van der Waals surface area contributed by atoms with Crippen LogP contribution < -0.4 is 0 Å². The molecule has 1 atom stereocenters. The van der Waals surface area contributed by atoms with E-state index in [2.05, 4.69) is 4.98 Å². The summed E-state index contributed by atoms with van der Waals surface area (Å²) >= 11 is 0. The standard InChI is InChI=1S/C20H23FN2O7S/c1-11-17(20(26)29-5)12(2)22-18(11)19(25)13(3)30-16(24)10-23(4)31(27,28)15-8-6-14(21)7-9-15/h6-9,13,22H,10H2,1-5H3. The predicted molar refractivity (Wildman–Crippen MR) is 108 cm³/mol. The van der Waals surface area contributed by atoms with Crippen molar-refractivity contribution in [2.75, 3.05) is 20.7 Å². The number of aromatic amines is 1. The SMILES string of the molecule is COC(=O)c1c(C)[nH]c(C(=O)C(C)OC(=O)CN(C)S(=O)(=O)c2ccc(F)cc2)c1C. The number of sulfonamides is 1. The minimum Gasteiger partial charge on any atom is -0.465 e. The molecule has 168 valence electrons. The van der Waals surface area contributed by atoms with E-state index in [9.17, 15) is 27.2 Å². The fourth-order valence-corrected chi connectivity index (χ4v) is 4.06. The molecule has 0 amide bonds. The minimum absolute atomic E-state index is 0.0884. The number of nitrogens with zero attached hydrogens (tertiary/aromatic N) is 1. The van der Waals surface area contributed by atoms with Crippen LogP contribution in [0.15, 0.2) is 29.2 Å². The Morgan fingerprint density at radius 3 is 2.29 bits per heavy atom. The Morgan fingerprint density at radius 2 is 1.74 bits per heavy atom. The molecule has 0 spiro atoms. The Hall–Kier alpha value is -3.05. The van der Waals surface area contributed by atoms with Crippen LogP contribution in [0, 0.1) is 19.7 Å². The molecule has 1 aromatic carbocycles. The number of H-pyrrole nitrogens is 1. The van der Waals surface area contributed by atoms with E-state index in [0.717, 1.165) is 35.6 Å². The van der Waals surface area contributed by atoms with Gasteiger partial charge in [0, 0.05) is 12.7 Å². The first-order valence-electron chi connectivity index (χ1n) is 9.13. The van der Waals surface area contributed by atoms with Crippen LogP contribution in [0.4, 0.5) is 4.39 Å². The van der Waals surface area contributed by atoms with Crippen molar-refractivity contribution in [3.8, 4) is 0 Å². The van der Waals surface area contributed by atoms with E-state index < -0.39 is 46.2 Å². The van der Waals surface area contributed by atoms with Crippen LogP contribution in [0.25, 0.3) is 0 Å². The fraction of sp³-hybridized carbons (Fsp3) is 0.350. The van der Waals surface area contributed by atoms with E-state index in [0.29, 0.717) is 11.3 Å². The molecular formula is C20H23FN2O7S. The molecule has 9 nitrogen and oxygen atoms in total. The summed E-state index contributed by atoms with van der Waals surface area (Å²) in [6.07, 6.45) is -1.24. The first-order chi connectivity index (χ1) is 14.4. The number of aryl methyl sites for hydroxylation is 1. The number of benzene rings is 1. The molecule has 1 aromatic heterocycles. The zero-order valence-corrected chi connectivity index (χ0v) is 18.5. The molecule has 1 unspecified atom stereocenters. The van der Waals surface area contributed by atoms with Crippen molar-refractivity contribution in [3.63, 3.8) is 0 Å². The Kier molecular flexibility index (Phi) is 7.34. The molecule has 2 aromatic rings. The lowest BCUT2D eigenvalue weighted by molar-refractivity contribution is -0.146. The first kappa shape index (κ1) is 24.2. The molecule has 0 radical (unpaired) electrons. The van der Waals surface area contributed by atoms with Gasteiger partial charge in [-0.2, -0.15) is 4.31 Å². The normalized spacial score (nSPS) is 12.5. The lowest BCUT2D eigenvalue weighted by Crippen LogP contribution is -2.35. The van der Waals surface area contributed by atoms with Gasteiger partial charge in [-0.3, -0.25) is 9.59 Å². The van der Waals surface area contributed by atoms with Gasteiger partial charge in [0.2, 0.25) is 15.8 Å². The van der Waals surface area contributed by atoms with Crippen molar-refractivity contribution >= 4 is 27.7 Å². The van der Waals surface area contributed by atoms with Crippen molar-refractivity contribution in [1.82, 2.24) is 9.29 Å². The molecule has 31 heavy (non-hydrogen) atoms. The fourth-order valence-electron chi connectivity index (χ4n) is 2.95. The topological polar surface area (TPSA) is 123 Å². The highest BCUT2D eigenvalue weighted by molar-refractivity contribution is 7.89. The zero-order chi connectivity index (χ0) is 23.5. The number of carbonyl (C=O) groups excluding carboxylic acids is 3. The Labute approximate surface area is 179 Å². The average molecular weight is 454 g/mol. The number of carbonyl (C=O) groups is 3. The number of hydrogen-bond acceptors (Lipinski definition) is 7. The van der Waals surface area contributed by atoms with Gasteiger partial charge in [0.25, 0.3) is 0 Å². The first-order valence-corrected chi connectivity index (χ1v) is 10.6. The van der Waals surface area contributed by atoms with Gasteiger partial charge in [-0.15, -0.1) is 0 Å². The molecular weight excluding hydrogens is 431 g/mol. The largest absolute Gasteiger partial charge is 0.465 e. The van der Waals surface area contributed by atoms with Crippen molar-refractivity contribution in [1.29, 1.82) is 0 Å². The van der Waals surface area contributed by atoms with Gasteiger partial charge in [-0.1, -0.05) is 0 Å². The summed E-state index contributed by atoms with van der Waals surface area (Å²) in [5.41, 5.74) is 1.09. The van der Waals surface area contributed by atoms with Gasteiger partial charge < -0.3 is 14.5 Å². The predicted octanol–water partition coefficient (Wildman–Crippen LogP) is 1.99. The maximum absolute atomic E-state index is 13.0. The number of esters is 2. The van der Waals surface area contributed by atoms with Crippen molar-refractivity contribution < 1.29 is 36.7 Å². The van der Waals surface area contributed by atoms with Gasteiger partial charge in [0.05, 0.1) is 23.3 Å². The quantitative estimate of drug-likeness (QED) is 0.478. The van der Waals surface area contributed by atoms with E-state index in [1.54, 1.807) is 13.8 Å². The average Bonchev–Trinajstić information content (AvgIpc) is 3.00. The highest BCUT2D eigenvalue weighted by Crippen LogP contribution is 2.21. The Balaban J connectivity index is 2.09. The number of halogens is 1. The summed E-state index contributed by atoms with van der Waals surface area (Å²) in [4.78, 5) is 39.4. The van der Waals surface area contributed by atoms with E-state index in [4.69, 9.17) is 9.47 Å². The molecule has 11 heteroatoms. The van der Waals surface area contributed by atoms with Crippen LogP contribution >= 0.6 is 0 Å². The number of rotatable bonds is 8. The third kappa shape index (κ3) is 5.17. The number of methoxy groups -OCH3 is 1. The number of likely N-dealkylation sites (N-methyl/N-ethyl adjacent to an activating group) is 1. The molecule has 0 saturated heterocycles. The molecule has 0 aliphatic carbocycles. The third-order valence-corrected chi connectivity index (χ3v) is 6.44. The maximum atomic E-state index is 13.0. The lowest BCUT2D eigenvalue weighted by atomic mass is 10.1. The summed E-state index contributed by atoms with van der Waals surface area (Å²) in [6, 6.07) is 4.13. The van der Waals surface area contributed by atoms with Gasteiger partial charge in [0.15, 0.2) is 6.10 Å². The Morgan fingerprint density at radius 1 is 1.16 bits per heavy atom. The van der Waals surface area contributed by atoms with Crippen LogP contribution in [0.1, 0.15) is 39.0 Å². The number of hydrogen-bond donors (Lipinski definition) is 1. The lowest BCUT2D eigenvalue weighted by Gasteiger charge is -2.18. The number of ether oxygens (including phenoxy) is 2. The van der Waals surface area contributed by atoms with Crippen molar-refractivity contribution in [3.05, 3.63) is 52.6 Å². The van der Waals surface area contributed by atoms with Crippen molar-refractivity contribution in [2.24, 2.45) is 0 Å². The Bertz CT molecular complexity index is 1110. The van der Waals surface area contributed by atoms with Crippen LogP contribution in [-0.4, -0.2) is 62.2 Å². The van der Waals surface area contributed by atoms with Crippen molar-refractivity contribution in [2.45, 2.75) is 31.8 Å². The second-order valence-corrected chi connectivity index (χ2v) is 8.87. The third-order valence-electron chi connectivity index (χ3n) is 4.62. The smallest absolute Gasteiger partial charge is 0.339 e. The second kappa shape index (κ2) is 9.40. The number of Topliss-reactive ketones (excluding diaryl/α,β-unsaturated/α-hetero) is 1. The summed E-state index contributed by atoms with van der Waals surface area (Å²) < 4.78 is 48.5. The van der Waals surface area contributed by atoms with Gasteiger partial charge in [-0.25, -0.2) is 17.6 Å². The number of ketones is 1. The van der Waals surface area contributed by atoms with E-state index in [-0.39, 0.29) is 16.2 Å². The van der Waals surface area contributed by atoms with Crippen LogP contribution in [-0.2, 0) is 24.3 Å². The van der Waals surface area contributed by atoms with Crippen LogP contribution in [0.3, 0.4) is 0 Å². The molecule has 1 heterocycles. The monoisotopic (exact) mass is 454 g/mol. The van der Waals surface area contributed by atoms with E-state index in [1.807, 2.05) is 0 Å². The van der Waals surface area contributed by atoms with Crippen LogP contribution in [0.2, 0.25) is 0 Å². The zero-order valence-electron chi connectivity index (χ0n) is 17.7. The summed E-state index contributed by atoms with van der Waals surface area (Å²) in [5.74, 6) is -2.75.